The second kappa shape index (κ2) is 3.71. The molecule has 0 saturated carbocycles. The van der Waals surface area contributed by atoms with E-state index in [1.54, 1.807) is 6.20 Å². The smallest absolute Gasteiger partial charge is 0.248 e. The van der Waals surface area contributed by atoms with Gasteiger partial charge in [-0.15, -0.1) is 12.6 Å². The van der Waals surface area contributed by atoms with E-state index in [9.17, 15) is 4.79 Å². The van der Waals surface area contributed by atoms with E-state index in [1.807, 2.05) is 18.2 Å². The van der Waals surface area contributed by atoms with Crippen molar-refractivity contribution in [2.24, 2.45) is 0 Å². The van der Waals surface area contributed by atoms with E-state index >= 15 is 0 Å². The normalized spacial score (nSPS) is 20.8. The first kappa shape index (κ1) is 9.08. The zero-order valence-corrected chi connectivity index (χ0v) is 8.16. The molecule has 2 N–H and O–H groups in total. The highest BCUT2D eigenvalue weighted by molar-refractivity contribution is 7.80. The summed E-state index contributed by atoms with van der Waals surface area (Å²) in [6, 6.07) is 5.52. The van der Waals surface area contributed by atoms with E-state index in [1.165, 1.54) is 6.08 Å². The van der Waals surface area contributed by atoms with Gasteiger partial charge in [0.05, 0.1) is 11.4 Å². The predicted molar refractivity (Wildman–Crippen MR) is 56.3 cm³/mol. The third-order valence-electron chi connectivity index (χ3n) is 1.79. The Kier molecular flexibility index (Phi) is 2.41. The monoisotopic (exact) mass is 207 g/mol. The van der Waals surface area contributed by atoms with Gasteiger partial charge in [-0.05, 0) is 12.1 Å². The molecule has 1 atom stereocenters. The average molecular weight is 207 g/mol. The van der Waals surface area contributed by atoms with E-state index in [2.05, 4.69) is 28.2 Å². The molecule has 0 saturated heterocycles. The van der Waals surface area contributed by atoms with Gasteiger partial charge in [-0.2, -0.15) is 0 Å². The Labute approximate surface area is 86.8 Å². The maximum Gasteiger partial charge on any atom is 0.248 e. The Morgan fingerprint density at radius 3 is 2.86 bits per heavy atom. The second-order valence-corrected chi connectivity index (χ2v) is 3.34. The lowest BCUT2D eigenvalue weighted by atomic mass is 10.2. The molecule has 1 aliphatic heterocycles. The van der Waals surface area contributed by atoms with Crippen LogP contribution in [-0.4, -0.2) is 16.4 Å². The summed E-state index contributed by atoms with van der Waals surface area (Å²) in [4.78, 5) is 15.3. The molecule has 1 aromatic heterocycles. The summed E-state index contributed by atoms with van der Waals surface area (Å²) < 4.78 is 0. The molecule has 2 rings (SSSR count). The Hall–Kier alpha value is -1.49. The largest absolute Gasteiger partial charge is 0.355 e. The SMILES string of the molecule is O=C1C=C(c2ccccn2)NC(S)N1. The molecule has 1 unspecified atom stereocenters. The quantitative estimate of drug-likeness (QED) is 0.583. The lowest BCUT2D eigenvalue weighted by Gasteiger charge is -2.21. The fourth-order valence-corrected chi connectivity index (χ4v) is 1.47. The van der Waals surface area contributed by atoms with Gasteiger partial charge in [-0.1, -0.05) is 6.07 Å². The summed E-state index contributed by atoms with van der Waals surface area (Å²) in [5, 5.41) is 5.58. The molecule has 0 spiro atoms. The van der Waals surface area contributed by atoms with Crippen molar-refractivity contribution in [1.29, 1.82) is 0 Å². The maximum atomic E-state index is 11.2. The summed E-state index contributed by atoms with van der Waals surface area (Å²) in [6.45, 7) is 0. The van der Waals surface area contributed by atoms with Crippen molar-refractivity contribution in [2.45, 2.75) is 5.50 Å². The van der Waals surface area contributed by atoms with Gasteiger partial charge < -0.3 is 10.6 Å². The molecule has 4 nitrogen and oxygen atoms in total. The van der Waals surface area contributed by atoms with Crippen LogP contribution in [0, 0.1) is 0 Å². The first-order valence-electron chi connectivity index (χ1n) is 4.14. The first-order chi connectivity index (χ1) is 6.75. The number of aromatic nitrogens is 1. The number of carbonyl (C=O) groups is 1. The van der Waals surface area contributed by atoms with Crippen molar-refractivity contribution in [3.05, 3.63) is 36.2 Å². The number of carbonyl (C=O) groups excluding carboxylic acids is 1. The zero-order chi connectivity index (χ0) is 9.97. The van der Waals surface area contributed by atoms with E-state index in [4.69, 9.17) is 0 Å². The molecule has 5 heteroatoms. The minimum Gasteiger partial charge on any atom is -0.355 e. The Bertz CT molecular complexity index is 377. The van der Waals surface area contributed by atoms with Crippen molar-refractivity contribution in [1.82, 2.24) is 15.6 Å². The first-order valence-corrected chi connectivity index (χ1v) is 4.65. The van der Waals surface area contributed by atoms with Crippen LogP contribution in [0.4, 0.5) is 0 Å². The highest BCUT2D eigenvalue weighted by atomic mass is 32.1. The third-order valence-corrected chi connectivity index (χ3v) is 2.05. The number of nitrogens with zero attached hydrogens (tertiary/aromatic N) is 1. The van der Waals surface area contributed by atoms with E-state index in [0.717, 1.165) is 5.69 Å². The summed E-state index contributed by atoms with van der Waals surface area (Å²) in [7, 11) is 0. The highest BCUT2D eigenvalue weighted by Gasteiger charge is 2.16. The molecule has 14 heavy (non-hydrogen) atoms. The van der Waals surface area contributed by atoms with Crippen LogP contribution in [0.25, 0.3) is 5.70 Å². The number of pyridine rings is 1. The summed E-state index contributed by atoms with van der Waals surface area (Å²) >= 11 is 4.12. The van der Waals surface area contributed by atoms with E-state index in [-0.39, 0.29) is 11.4 Å². The molecular formula is C9H9N3OS. The Balaban J connectivity index is 2.31. The summed E-state index contributed by atoms with van der Waals surface area (Å²) in [6.07, 6.45) is 3.15. The number of hydrogen-bond donors (Lipinski definition) is 3. The van der Waals surface area contributed by atoms with Crippen LogP contribution >= 0.6 is 12.6 Å². The number of thiol groups is 1. The summed E-state index contributed by atoms with van der Waals surface area (Å²) in [5.41, 5.74) is 1.07. The molecule has 0 bridgehead atoms. The molecule has 0 fully saturated rings. The van der Waals surface area contributed by atoms with Crippen LogP contribution in [-0.2, 0) is 4.79 Å². The molecule has 1 amide bonds. The van der Waals surface area contributed by atoms with Crippen molar-refractivity contribution in [3.63, 3.8) is 0 Å². The molecule has 1 aliphatic rings. The molecule has 1 aromatic rings. The van der Waals surface area contributed by atoms with E-state index < -0.39 is 0 Å². The van der Waals surface area contributed by atoms with Gasteiger partial charge in [0.2, 0.25) is 5.91 Å². The van der Waals surface area contributed by atoms with Gasteiger partial charge in [0.25, 0.3) is 0 Å². The maximum absolute atomic E-state index is 11.2. The van der Waals surface area contributed by atoms with Gasteiger partial charge in [-0.3, -0.25) is 9.78 Å². The van der Waals surface area contributed by atoms with E-state index in [0.29, 0.717) is 5.70 Å². The van der Waals surface area contributed by atoms with Crippen molar-refractivity contribution < 1.29 is 4.79 Å². The average Bonchev–Trinajstić information content (AvgIpc) is 2.18. The highest BCUT2D eigenvalue weighted by Crippen LogP contribution is 2.11. The standard InChI is InChI=1S/C9H9N3OS/c13-8-5-7(11-9(14)12-8)6-3-1-2-4-10-6/h1-5,9,11,14H,(H,12,13). The number of rotatable bonds is 1. The molecular weight excluding hydrogens is 198 g/mol. The predicted octanol–water partition coefficient (Wildman–Crippen LogP) is 0.355. The molecule has 0 aliphatic carbocycles. The van der Waals surface area contributed by atoms with Crippen LogP contribution in [0.3, 0.4) is 0 Å². The van der Waals surface area contributed by atoms with Gasteiger partial charge in [0, 0.05) is 12.3 Å². The lowest BCUT2D eigenvalue weighted by molar-refractivity contribution is -0.117. The number of amides is 1. The second-order valence-electron chi connectivity index (χ2n) is 2.83. The topological polar surface area (TPSA) is 54.0 Å². The number of hydrogen-bond acceptors (Lipinski definition) is 4. The molecule has 0 aromatic carbocycles. The van der Waals surface area contributed by atoms with Gasteiger partial charge >= 0.3 is 0 Å². The number of nitrogens with one attached hydrogen (secondary N) is 2. The minimum atomic E-state index is -0.357. The molecule has 0 radical (unpaired) electrons. The van der Waals surface area contributed by atoms with Crippen LogP contribution in [0.5, 0.6) is 0 Å². The lowest BCUT2D eigenvalue weighted by Crippen LogP contribution is -2.44. The van der Waals surface area contributed by atoms with Gasteiger partial charge in [0.1, 0.15) is 5.50 Å². The minimum absolute atomic E-state index is 0.163. The fourth-order valence-electron chi connectivity index (χ4n) is 1.20. The Morgan fingerprint density at radius 2 is 2.21 bits per heavy atom. The molecule has 72 valence electrons. The van der Waals surface area contributed by atoms with Crippen molar-refractivity contribution >= 4 is 24.2 Å². The zero-order valence-electron chi connectivity index (χ0n) is 7.27. The van der Waals surface area contributed by atoms with Gasteiger partial charge in [0.15, 0.2) is 0 Å². The van der Waals surface area contributed by atoms with Crippen LogP contribution in [0.2, 0.25) is 0 Å². The fraction of sp³-hybridized carbons (Fsp3) is 0.111. The van der Waals surface area contributed by atoms with Gasteiger partial charge in [-0.25, -0.2) is 0 Å². The third kappa shape index (κ3) is 1.88. The molecule has 2 heterocycles. The van der Waals surface area contributed by atoms with Crippen LogP contribution < -0.4 is 10.6 Å². The van der Waals surface area contributed by atoms with Crippen molar-refractivity contribution in [2.75, 3.05) is 0 Å². The Morgan fingerprint density at radius 1 is 1.36 bits per heavy atom. The van der Waals surface area contributed by atoms with Crippen molar-refractivity contribution in [3.8, 4) is 0 Å². The summed E-state index contributed by atoms with van der Waals surface area (Å²) in [5.74, 6) is -0.163. The van der Waals surface area contributed by atoms with Crippen LogP contribution in [0.1, 0.15) is 5.69 Å². The van der Waals surface area contributed by atoms with Crippen LogP contribution in [0.15, 0.2) is 30.5 Å².